The highest BCUT2D eigenvalue weighted by molar-refractivity contribution is 5.80. The largest absolute Gasteiger partial charge is 0.486 e. The average Bonchev–Trinajstić information content (AvgIpc) is 2.16. The number of aryl methyl sites for hydroxylation is 1. The summed E-state index contributed by atoms with van der Waals surface area (Å²) in [4.78, 5) is 11.4. The van der Waals surface area contributed by atoms with Crippen molar-refractivity contribution in [2.24, 2.45) is 5.92 Å². The molecular weight excluding hydrogens is 188 g/mol. The van der Waals surface area contributed by atoms with E-state index in [1.165, 1.54) is 5.56 Å². The van der Waals surface area contributed by atoms with Crippen LogP contribution in [0.5, 0.6) is 5.75 Å². The van der Waals surface area contributed by atoms with Crippen molar-refractivity contribution in [1.29, 1.82) is 0 Å². The van der Waals surface area contributed by atoms with Crippen LogP contribution >= 0.6 is 0 Å². The van der Waals surface area contributed by atoms with Crippen molar-refractivity contribution in [2.75, 3.05) is 6.61 Å². The Labute approximate surface area is 91.3 Å². The van der Waals surface area contributed by atoms with E-state index in [1.807, 2.05) is 45.0 Å². The van der Waals surface area contributed by atoms with Gasteiger partial charge in [0.15, 0.2) is 5.78 Å². The molecule has 0 heterocycles. The maximum absolute atomic E-state index is 11.4. The molecule has 0 radical (unpaired) electrons. The summed E-state index contributed by atoms with van der Waals surface area (Å²) < 4.78 is 5.37. The van der Waals surface area contributed by atoms with Crippen LogP contribution in [0.25, 0.3) is 0 Å². The van der Waals surface area contributed by atoms with Gasteiger partial charge in [0, 0.05) is 6.42 Å². The van der Waals surface area contributed by atoms with E-state index in [0.29, 0.717) is 12.3 Å². The fraction of sp³-hybridized carbons (Fsp3) is 0.462. The monoisotopic (exact) mass is 206 g/mol. The molecule has 15 heavy (non-hydrogen) atoms. The predicted octanol–water partition coefficient (Wildman–Crippen LogP) is 2.99. The van der Waals surface area contributed by atoms with Gasteiger partial charge in [0.25, 0.3) is 0 Å². The van der Waals surface area contributed by atoms with E-state index in [9.17, 15) is 4.79 Å². The number of hydrogen-bond donors (Lipinski definition) is 0. The molecule has 0 amide bonds. The summed E-state index contributed by atoms with van der Waals surface area (Å²) in [6, 6.07) is 7.72. The van der Waals surface area contributed by atoms with Gasteiger partial charge in [-0.1, -0.05) is 31.5 Å². The molecule has 0 aliphatic rings. The number of ketones is 1. The SMILES string of the molecule is Cc1ccc(OCC(=O)CC(C)C)cc1. The van der Waals surface area contributed by atoms with Gasteiger partial charge in [0.1, 0.15) is 12.4 Å². The smallest absolute Gasteiger partial charge is 0.170 e. The summed E-state index contributed by atoms with van der Waals surface area (Å²) in [5, 5.41) is 0. The van der Waals surface area contributed by atoms with E-state index in [0.717, 1.165) is 5.75 Å². The van der Waals surface area contributed by atoms with Crippen LogP contribution in [0.2, 0.25) is 0 Å². The first-order valence-corrected chi connectivity index (χ1v) is 5.29. The molecule has 0 atom stereocenters. The summed E-state index contributed by atoms with van der Waals surface area (Å²) in [7, 11) is 0. The Bertz CT molecular complexity index is 312. The average molecular weight is 206 g/mol. The summed E-state index contributed by atoms with van der Waals surface area (Å²) in [6.07, 6.45) is 0.589. The third-order valence-electron chi connectivity index (χ3n) is 2.06. The van der Waals surface area contributed by atoms with E-state index in [4.69, 9.17) is 4.74 Å². The second-order valence-corrected chi connectivity index (χ2v) is 4.24. The van der Waals surface area contributed by atoms with Gasteiger partial charge in [-0.25, -0.2) is 0 Å². The standard InChI is InChI=1S/C13H18O2/c1-10(2)8-12(14)9-15-13-6-4-11(3)5-7-13/h4-7,10H,8-9H2,1-3H3. The highest BCUT2D eigenvalue weighted by atomic mass is 16.5. The number of hydrogen-bond acceptors (Lipinski definition) is 2. The molecule has 0 aliphatic heterocycles. The minimum atomic E-state index is 0.158. The molecule has 1 aromatic rings. The van der Waals surface area contributed by atoms with Crippen molar-refractivity contribution in [2.45, 2.75) is 27.2 Å². The molecule has 0 aliphatic carbocycles. The number of rotatable bonds is 5. The molecule has 1 rings (SSSR count). The lowest BCUT2D eigenvalue weighted by Gasteiger charge is -2.07. The first-order valence-electron chi connectivity index (χ1n) is 5.29. The topological polar surface area (TPSA) is 26.3 Å². The van der Waals surface area contributed by atoms with Gasteiger partial charge in [0.05, 0.1) is 0 Å². The van der Waals surface area contributed by atoms with Gasteiger partial charge in [-0.2, -0.15) is 0 Å². The highest BCUT2D eigenvalue weighted by Crippen LogP contribution is 2.11. The quantitative estimate of drug-likeness (QED) is 0.740. The predicted molar refractivity (Wildman–Crippen MR) is 61.1 cm³/mol. The Hall–Kier alpha value is -1.31. The fourth-order valence-electron chi connectivity index (χ4n) is 1.31. The van der Waals surface area contributed by atoms with Gasteiger partial charge in [-0.05, 0) is 25.0 Å². The Balaban J connectivity index is 2.37. The lowest BCUT2D eigenvalue weighted by Crippen LogP contribution is -2.13. The Morgan fingerprint density at radius 3 is 2.40 bits per heavy atom. The summed E-state index contributed by atoms with van der Waals surface area (Å²) in [5.74, 6) is 1.32. The van der Waals surface area contributed by atoms with Gasteiger partial charge in [0.2, 0.25) is 0 Å². The minimum absolute atomic E-state index is 0.158. The van der Waals surface area contributed by atoms with Crippen molar-refractivity contribution in [3.63, 3.8) is 0 Å². The van der Waals surface area contributed by atoms with Crippen LogP contribution < -0.4 is 4.74 Å². The molecule has 0 aromatic heterocycles. The molecule has 0 N–H and O–H groups in total. The Kier molecular flexibility index (Phi) is 4.35. The molecule has 0 spiro atoms. The van der Waals surface area contributed by atoms with Crippen molar-refractivity contribution in [1.82, 2.24) is 0 Å². The maximum Gasteiger partial charge on any atom is 0.170 e. The second-order valence-electron chi connectivity index (χ2n) is 4.24. The van der Waals surface area contributed by atoms with Gasteiger partial charge in [-0.3, -0.25) is 4.79 Å². The van der Waals surface area contributed by atoms with Crippen LogP contribution in [0.15, 0.2) is 24.3 Å². The zero-order valence-electron chi connectivity index (χ0n) is 9.62. The molecule has 0 unspecified atom stereocenters. The van der Waals surface area contributed by atoms with E-state index >= 15 is 0 Å². The highest BCUT2D eigenvalue weighted by Gasteiger charge is 2.05. The van der Waals surface area contributed by atoms with Crippen molar-refractivity contribution >= 4 is 5.78 Å². The van der Waals surface area contributed by atoms with Crippen LogP contribution in [0.4, 0.5) is 0 Å². The first-order chi connectivity index (χ1) is 7.08. The molecule has 1 aromatic carbocycles. The van der Waals surface area contributed by atoms with Crippen LogP contribution in [0.3, 0.4) is 0 Å². The van der Waals surface area contributed by atoms with E-state index in [2.05, 4.69) is 0 Å². The fourth-order valence-corrected chi connectivity index (χ4v) is 1.31. The number of benzene rings is 1. The van der Waals surface area contributed by atoms with Crippen molar-refractivity contribution in [3.05, 3.63) is 29.8 Å². The zero-order valence-corrected chi connectivity index (χ0v) is 9.62. The number of ether oxygens (including phenoxy) is 1. The lowest BCUT2D eigenvalue weighted by atomic mass is 10.1. The molecule has 0 bridgehead atoms. The van der Waals surface area contributed by atoms with Crippen LogP contribution in [-0.2, 0) is 4.79 Å². The van der Waals surface area contributed by atoms with E-state index < -0.39 is 0 Å². The molecule has 0 saturated carbocycles. The van der Waals surface area contributed by atoms with Crippen molar-refractivity contribution in [3.8, 4) is 5.75 Å². The third-order valence-corrected chi connectivity index (χ3v) is 2.06. The van der Waals surface area contributed by atoms with E-state index in [-0.39, 0.29) is 12.4 Å². The minimum Gasteiger partial charge on any atom is -0.486 e. The second kappa shape index (κ2) is 5.54. The Morgan fingerprint density at radius 1 is 1.27 bits per heavy atom. The molecule has 0 fully saturated rings. The molecule has 2 heteroatoms. The first kappa shape index (κ1) is 11.8. The van der Waals surface area contributed by atoms with Crippen LogP contribution in [0.1, 0.15) is 25.8 Å². The van der Waals surface area contributed by atoms with E-state index in [1.54, 1.807) is 0 Å². The molecule has 2 nitrogen and oxygen atoms in total. The third kappa shape index (κ3) is 4.63. The molecular formula is C13H18O2. The van der Waals surface area contributed by atoms with Gasteiger partial charge in [-0.15, -0.1) is 0 Å². The summed E-state index contributed by atoms with van der Waals surface area (Å²) in [6.45, 7) is 6.27. The maximum atomic E-state index is 11.4. The number of carbonyl (C=O) groups excluding carboxylic acids is 1. The number of Topliss-reactive ketones (excluding diaryl/α,β-unsaturated/α-hetero) is 1. The van der Waals surface area contributed by atoms with Gasteiger partial charge < -0.3 is 4.74 Å². The normalized spacial score (nSPS) is 10.4. The van der Waals surface area contributed by atoms with Crippen LogP contribution in [-0.4, -0.2) is 12.4 Å². The van der Waals surface area contributed by atoms with Gasteiger partial charge >= 0.3 is 0 Å². The Morgan fingerprint density at radius 2 is 1.87 bits per heavy atom. The van der Waals surface area contributed by atoms with Crippen molar-refractivity contribution < 1.29 is 9.53 Å². The molecule has 0 saturated heterocycles. The summed E-state index contributed by atoms with van der Waals surface area (Å²) in [5.41, 5.74) is 1.19. The number of carbonyl (C=O) groups is 1. The lowest BCUT2D eigenvalue weighted by molar-refractivity contribution is -0.121. The summed E-state index contributed by atoms with van der Waals surface area (Å²) >= 11 is 0. The zero-order chi connectivity index (χ0) is 11.3. The van der Waals surface area contributed by atoms with Crippen LogP contribution in [0, 0.1) is 12.8 Å². The molecule has 82 valence electrons.